The summed E-state index contributed by atoms with van der Waals surface area (Å²) in [7, 11) is 1.35. The van der Waals surface area contributed by atoms with Crippen molar-refractivity contribution in [3.8, 4) is 0 Å². The molecule has 1 aliphatic rings. The molecule has 3 rings (SSSR count). The number of methoxy groups -OCH3 is 1. The lowest BCUT2D eigenvalue weighted by molar-refractivity contribution is -0.137. The summed E-state index contributed by atoms with van der Waals surface area (Å²) in [6.07, 6.45) is 4.18. The summed E-state index contributed by atoms with van der Waals surface area (Å²) in [4.78, 5) is 19.7. The quantitative estimate of drug-likeness (QED) is 0.648. The van der Waals surface area contributed by atoms with Crippen LogP contribution in [-0.2, 0) is 9.53 Å². The zero-order valence-electron chi connectivity index (χ0n) is 12.5. The van der Waals surface area contributed by atoms with E-state index in [9.17, 15) is 9.18 Å². The highest BCUT2D eigenvalue weighted by Crippen LogP contribution is 2.42. The van der Waals surface area contributed by atoms with Crippen molar-refractivity contribution in [2.45, 2.75) is 23.4 Å². The summed E-state index contributed by atoms with van der Waals surface area (Å²) in [5, 5.41) is 3.96. The van der Waals surface area contributed by atoms with Crippen LogP contribution in [0.2, 0.25) is 0 Å². The molecule has 2 aromatic rings. The van der Waals surface area contributed by atoms with Crippen molar-refractivity contribution >= 4 is 23.5 Å². The molecule has 0 amide bonds. The number of esters is 1. The van der Waals surface area contributed by atoms with Gasteiger partial charge in [-0.15, -0.1) is 0 Å². The van der Waals surface area contributed by atoms with Crippen LogP contribution in [0.1, 0.15) is 17.9 Å². The summed E-state index contributed by atoms with van der Waals surface area (Å²) in [6.45, 7) is 0. The Balaban J connectivity index is 1.58. The standard InChI is InChI=1S/C16H16FN3O2S/c1-22-16(21)9-23-15-8-18-7-14(20-15)19-13-6-12(13)10-3-2-4-11(17)5-10/h2-5,7-8,12-13H,6,9H2,1H3,(H,19,20)/t12-,13+/m0/s1. The molecule has 1 fully saturated rings. The van der Waals surface area contributed by atoms with Crippen molar-refractivity contribution in [1.82, 2.24) is 9.97 Å². The lowest BCUT2D eigenvalue weighted by atomic mass is 10.1. The molecule has 120 valence electrons. The molecule has 23 heavy (non-hydrogen) atoms. The van der Waals surface area contributed by atoms with E-state index >= 15 is 0 Å². The van der Waals surface area contributed by atoms with Gasteiger partial charge in [0, 0.05) is 12.0 Å². The van der Waals surface area contributed by atoms with E-state index in [0.717, 1.165) is 12.0 Å². The maximum atomic E-state index is 13.3. The van der Waals surface area contributed by atoms with Crippen LogP contribution in [0.4, 0.5) is 10.2 Å². The maximum Gasteiger partial charge on any atom is 0.316 e. The number of ether oxygens (including phenoxy) is 1. The van der Waals surface area contributed by atoms with Crippen molar-refractivity contribution in [2.24, 2.45) is 0 Å². The van der Waals surface area contributed by atoms with Gasteiger partial charge in [0.1, 0.15) is 16.7 Å². The van der Waals surface area contributed by atoms with Crippen molar-refractivity contribution in [3.63, 3.8) is 0 Å². The first-order valence-corrected chi connectivity index (χ1v) is 8.18. The topological polar surface area (TPSA) is 64.1 Å². The Kier molecular flexibility index (Phi) is 4.76. The Labute approximate surface area is 137 Å². The first-order chi connectivity index (χ1) is 11.2. The number of anilines is 1. The van der Waals surface area contributed by atoms with Gasteiger partial charge < -0.3 is 10.1 Å². The average molecular weight is 333 g/mol. The Hall–Kier alpha value is -2.15. The van der Waals surface area contributed by atoms with Crippen LogP contribution in [0, 0.1) is 5.82 Å². The fourth-order valence-electron chi connectivity index (χ4n) is 2.33. The van der Waals surface area contributed by atoms with Crippen LogP contribution in [-0.4, -0.2) is 34.8 Å². The zero-order chi connectivity index (χ0) is 16.2. The van der Waals surface area contributed by atoms with Gasteiger partial charge in [0.05, 0.1) is 25.3 Å². The van der Waals surface area contributed by atoms with E-state index in [-0.39, 0.29) is 23.6 Å². The van der Waals surface area contributed by atoms with Gasteiger partial charge >= 0.3 is 5.97 Å². The molecule has 1 aromatic heterocycles. The van der Waals surface area contributed by atoms with E-state index in [0.29, 0.717) is 16.8 Å². The predicted molar refractivity (Wildman–Crippen MR) is 85.9 cm³/mol. The number of carbonyl (C=O) groups excluding carboxylic acids is 1. The van der Waals surface area contributed by atoms with Crippen LogP contribution in [0.15, 0.2) is 41.7 Å². The number of halogens is 1. The Morgan fingerprint density at radius 3 is 3.13 bits per heavy atom. The molecule has 1 saturated carbocycles. The SMILES string of the molecule is COC(=O)CSc1cncc(N[C@@H]2C[C@H]2c2cccc(F)c2)n1. The lowest BCUT2D eigenvalue weighted by Gasteiger charge is -2.06. The number of nitrogens with one attached hydrogen (secondary N) is 1. The summed E-state index contributed by atoms with van der Waals surface area (Å²) in [6, 6.07) is 6.91. The first kappa shape index (κ1) is 15.7. The summed E-state index contributed by atoms with van der Waals surface area (Å²) < 4.78 is 17.9. The minimum atomic E-state index is -0.302. The molecule has 1 heterocycles. The average Bonchev–Trinajstić information content (AvgIpc) is 3.32. The number of hydrogen-bond acceptors (Lipinski definition) is 6. The third kappa shape index (κ3) is 4.19. The summed E-state index contributed by atoms with van der Waals surface area (Å²) in [5.41, 5.74) is 0.992. The summed E-state index contributed by atoms with van der Waals surface area (Å²) in [5.74, 6) is 0.629. The van der Waals surface area contributed by atoms with Gasteiger partial charge in [-0.05, 0) is 24.1 Å². The third-order valence-electron chi connectivity index (χ3n) is 3.58. The highest BCUT2D eigenvalue weighted by molar-refractivity contribution is 7.99. The van der Waals surface area contributed by atoms with Gasteiger partial charge in [0.15, 0.2) is 0 Å². The van der Waals surface area contributed by atoms with E-state index in [1.807, 2.05) is 6.07 Å². The Bertz CT molecular complexity index is 713. The maximum absolute atomic E-state index is 13.3. The molecule has 7 heteroatoms. The van der Waals surface area contributed by atoms with Gasteiger partial charge in [-0.2, -0.15) is 0 Å². The fraction of sp³-hybridized carbons (Fsp3) is 0.312. The molecule has 0 aliphatic heterocycles. The van der Waals surface area contributed by atoms with Gasteiger partial charge in [0.25, 0.3) is 0 Å². The molecule has 1 N–H and O–H groups in total. The fourth-order valence-corrected chi connectivity index (χ4v) is 3.01. The number of hydrogen-bond donors (Lipinski definition) is 1. The highest BCUT2D eigenvalue weighted by Gasteiger charge is 2.38. The van der Waals surface area contributed by atoms with Gasteiger partial charge in [-0.3, -0.25) is 9.78 Å². The molecule has 1 aliphatic carbocycles. The molecule has 0 unspecified atom stereocenters. The second-order valence-corrected chi connectivity index (χ2v) is 6.25. The normalized spacial score (nSPS) is 19.2. The smallest absolute Gasteiger partial charge is 0.316 e. The van der Waals surface area contributed by atoms with E-state index in [2.05, 4.69) is 20.0 Å². The Morgan fingerprint density at radius 2 is 2.35 bits per heavy atom. The number of nitrogens with zero attached hydrogens (tertiary/aromatic N) is 2. The monoisotopic (exact) mass is 333 g/mol. The van der Waals surface area contributed by atoms with Crippen molar-refractivity contribution in [3.05, 3.63) is 48.0 Å². The zero-order valence-corrected chi connectivity index (χ0v) is 13.3. The van der Waals surface area contributed by atoms with Crippen LogP contribution in [0.5, 0.6) is 0 Å². The second-order valence-electron chi connectivity index (χ2n) is 5.26. The largest absolute Gasteiger partial charge is 0.468 e. The second kappa shape index (κ2) is 6.95. The van der Waals surface area contributed by atoms with Crippen LogP contribution < -0.4 is 5.32 Å². The number of carbonyl (C=O) groups is 1. The lowest BCUT2D eigenvalue weighted by Crippen LogP contribution is -2.07. The van der Waals surface area contributed by atoms with Crippen LogP contribution in [0.3, 0.4) is 0 Å². The van der Waals surface area contributed by atoms with E-state index < -0.39 is 0 Å². The molecule has 0 saturated heterocycles. The number of benzene rings is 1. The van der Waals surface area contributed by atoms with E-state index in [1.54, 1.807) is 24.5 Å². The molecular formula is C16H16FN3O2S. The minimum Gasteiger partial charge on any atom is -0.468 e. The molecule has 0 spiro atoms. The summed E-state index contributed by atoms with van der Waals surface area (Å²) >= 11 is 1.28. The molecule has 0 bridgehead atoms. The highest BCUT2D eigenvalue weighted by atomic mass is 32.2. The molecule has 1 aromatic carbocycles. The van der Waals surface area contributed by atoms with Gasteiger partial charge in [-0.25, -0.2) is 9.37 Å². The van der Waals surface area contributed by atoms with Crippen molar-refractivity contribution in [2.75, 3.05) is 18.2 Å². The number of thioether (sulfide) groups is 1. The molecule has 5 nitrogen and oxygen atoms in total. The molecular weight excluding hydrogens is 317 g/mol. The molecule has 2 atom stereocenters. The van der Waals surface area contributed by atoms with Crippen LogP contribution in [0.25, 0.3) is 0 Å². The number of rotatable bonds is 6. The van der Waals surface area contributed by atoms with Crippen molar-refractivity contribution < 1.29 is 13.9 Å². The van der Waals surface area contributed by atoms with Crippen LogP contribution >= 0.6 is 11.8 Å². The van der Waals surface area contributed by atoms with E-state index in [1.165, 1.54) is 24.9 Å². The predicted octanol–water partition coefficient (Wildman–Crippen LogP) is 2.85. The van der Waals surface area contributed by atoms with Gasteiger partial charge in [-0.1, -0.05) is 23.9 Å². The minimum absolute atomic E-state index is 0.198. The Morgan fingerprint density at radius 1 is 1.48 bits per heavy atom. The third-order valence-corrected chi connectivity index (χ3v) is 4.45. The van der Waals surface area contributed by atoms with E-state index in [4.69, 9.17) is 0 Å². The molecule has 0 radical (unpaired) electrons. The van der Waals surface area contributed by atoms with Gasteiger partial charge in [0.2, 0.25) is 0 Å². The van der Waals surface area contributed by atoms with Crippen molar-refractivity contribution in [1.29, 1.82) is 0 Å². The first-order valence-electron chi connectivity index (χ1n) is 7.19. The number of aromatic nitrogens is 2.